The summed E-state index contributed by atoms with van der Waals surface area (Å²) in [5.41, 5.74) is 1.95. The van der Waals surface area contributed by atoms with Crippen molar-refractivity contribution < 1.29 is 29.3 Å². The third-order valence-electron chi connectivity index (χ3n) is 4.15. The van der Waals surface area contributed by atoms with Crippen molar-refractivity contribution in [1.29, 1.82) is 0 Å². The lowest BCUT2D eigenvalue weighted by Crippen LogP contribution is -2.43. The Hall–Kier alpha value is -3.35. The van der Waals surface area contributed by atoms with Crippen LogP contribution in [-0.4, -0.2) is 34.1 Å². The summed E-state index contributed by atoms with van der Waals surface area (Å²) in [7, 11) is 0. The van der Waals surface area contributed by atoms with Gasteiger partial charge in [-0.25, -0.2) is 9.59 Å². The van der Waals surface area contributed by atoms with E-state index in [-0.39, 0.29) is 30.8 Å². The Kier molecular flexibility index (Phi) is 4.88. The molecule has 0 aromatic heterocycles. The first kappa shape index (κ1) is 17.5. The Bertz CT molecular complexity index is 862. The van der Waals surface area contributed by atoms with E-state index in [1.54, 1.807) is 24.3 Å². The molecule has 3 rings (SSSR count). The third kappa shape index (κ3) is 3.83. The molecule has 0 radical (unpaired) electrons. The van der Waals surface area contributed by atoms with Crippen molar-refractivity contribution in [2.75, 3.05) is 0 Å². The number of carbonyl (C=O) groups excluding carboxylic acids is 2. The van der Waals surface area contributed by atoms with Gasteiger partial charge in [-0.1, -0.05) is 30.3 Å². The predicted molar refractivity (Wildman–Crippen MR) is 90.6 cm³/mol. The number of hydrogen-bond acceptors (Lipinski definition) is 5. The second-order valence-corrected chi connectivity index (χ2v) is 6.04. The lowest BCUT2D eigenvalue weighted by molar-refractivity contribution is -0.141. The number of carbonyl (C=O) groups is 3. The minimum Gasteiger partial charge on any atom is -0.508 e. The third-order valence-corrected chi connectivity index (χ3v) is 4.15. The number of benzene rings is 2. The summed E-state index contributed by atoms with van der Waals surface area (Å²) in [6, 6.07) is 10.6. The molecule has 1 aliphatic rings. The summed E-state index contributed by atoms with van der Waals surface area (Å²) >= 11 is 0. The number of carboxylic acid groups (broad SMARTS) is 1. The molecular formula is C19H17NO6. The first-order valence-electron chi connectivity index (χ1n) is 8.02. The second kappa shape index (κ2) is 7.26. The van der Waals surface area contributed by atoms with Gasteiger partial charge in [-0.15, -0.1) is 0 Å². The Morgan fingerprint density at radius 1 is 1.19 bits per heavy atom. The van der Waals surface area contributed by atoms with Crippen LogP contribution in [0.4, 0.5) is 0 Å². The number of carboxylic acids is 1. The lowest BCUT2D eigenvalue weighted by Gasteiger charge is -2.16. The van der Waals surface area contributed by atoms with Crippen LogP contribution in [0.3, 0.4) is 0 Å². The van der Waals surface area contributed by atoms with E-state index >= 15 is 0 Å². The fourth-order valence-electron chi connectivity index (χ4n) is 2.82. The maximum absolute atomic E-state index is 12.1. The quantitative estimate of drug-likeness (QED) is 0.676. The number of phenolic OH excluding ortho intramolecular Hbond substituents is 1. The minimum absolute atomic E-state index is 0.0587. The molecule has 0 spiro atoms. The summed E-state index contributed by atoms with van der Waals surface area (Å²) in [4.78, 5) is 35.1. The molecule has 134 valence electrons. The van der Waals surface area contributed by atoms with E-state index < -0.39 is 23.9 Å². The lowest BCUT2D eigenvalue weighted by atomic mass is 9.99. The van der Waals surface area contributed by atoms with E-state index in [9.17, 15) is 24.6 Å². The Balaban J connectivity index is 1.72. The summed E-state index contributed by atoms with van der Waals surface area (Å²) in [5, 5.41) is 21.9. The highest BCUT2D eigenvalue weighted by Crippen LogP contribution is 2.28. The zero-order valence-corrected chi connectivity index (χ0v) is 13.8. The average molecular weight is 355 g/mol. The molecule has 0 saturated carbocycles. The van der Waals surface area contributed by atoms with Crippen LogP contribution in [0.25, 0.3) is 0 Å². The maximum atomic E-state index is 12.1. The fraction of sp³-hybridized carbons (Fsp3) is 0.211. The molecule has 1 heterocycles. The Morgan fingerprint density at radius 3 is 2.62 bits per heavy atom. The topological polar surface area (TPSA) is 113 Å². The number of rotatable bonds is 6. The van der Waals surface area contributed by atoms with Crippen LogP contribution < -0.4 is 5.32 Å². The van der Waals surface area contributed by atoms with Gasteiger partial charge < -0.3 is 20.3 Å². The molecule has 1 aliphatic heterocycles. The van der Waals surface area contributed by atoms with Crippen molar-refractivity contribution >= 4 is 17.8 Å². The van der Waals surface area contributed by atoms with Gasteiger partial charge >= 0.3 is 11.9 Å². The normalized spacial score (nSPS) is 13.6. The molecule has 7 nitrogen and oxygen atoms in total. The van der Waals surface area contributed by atoms with Crippen molar-refractivity contribution in [2.45, 2.75) is 25.5 Å². The molecule has 7 heteroatoms. The largest absolute Gasteiger partial charge is 0.508 e. The zero-order valence-electron chi connectivity index (χ0n) is 13.8. The van der Waals surface area contributed by atoms with Gasteiger partial charge in [0.1, 0.15) is 18.4 Å². The number of hydrogen-bond donors (Lipinski definition) is 3. The molecule has 0 fully saturated rings. The smallest absolute Gasteiger partial charge is 0.339 e. The fourth-order valence-corrected chi connectivity index (χ4v) is 2.82. The molecule has 26 heavy (non-hydrogen) atoms. The second-order valence-electron chi connectivity index (χ2n) is 6.04. The molecule has 0 saturated heterocycles. The van der Waals surface area contributed by atoms with Crippen LogP contribution in [-0.2, 0) is 33.8 Å². The number of aromatic hydroxyl groups is 1. The van der Waals surface area contributed by atoms with Crippen LogP contribution >= 0.6 is 0 Å². The Labute approximate surface area is 149 Å². The van der Waals surface area contributed by atoms with E-state index in [4.69, 9.17) is 4.74 Å². The van der Waals surface area contributed by atoms with Gasteiger partial charge in [0.15, 0.2) is 0 Å². The van der Waals surface area contributed by atoms with E-state index in [1.807, 2.05) is 6.07 Å². The highest BCUT2D eigenvalue weighted by atomic mass is 16.5. The number of nitrogens with one attached hydrogen (secondary N) is 1. The summed E-state index contributed by atoms with van der Waals surface area (Å²) in [5.74, 6) is -2.36. The number of cyclic esters (lactones) is 1. The van der Waals surface area contributed by atoms with E-state index in [1.165, 1.54) is 12.1 Å². The molecule has 0 bridgehead atoms. The molecule has 3 N–H and O–H groups in total. The van der Waals surface area contributed by atoms with Crippen molar-refractivity contribution in [3.8, 4) is 5.75 Å². The zero-order chi connectivity index (χ0) is 18.7. The predicted octanol–water partition coefficient (Wildman–Crippen LogP) is 1.42. The standard InChI is InChI=1S/C19H17NO6/c21-16-9-14-13(10-26-19(14)25)7-12(16)8-15(18(23)24)20-17(22)6-11-4-2-1-3-5-11/h1-5,7,9,15,21H,6,8,10H2,(H,20,22)(H,23,24). The van der Waals surface area contributed by atoms with E-state index in [2.05, 4.69) is 5.32 Å². The van der Waals surface area contributed by atoms with Crippen LogP contribution in [0.5, 0.6) is 5.75 Å². The van der Waals surface area contributed by atoms with Crippen molar-refractivity contribution in [3.63, 3.8) is 0 Å². The summed E-state index contributed by atoms with van der Waals surface area (Å²) in [6.45, 7) is 0.0829. The van der Waals surface area contributed by atoms with Crippen molar-refractivity contribution in [3.05, 3.63) is 64.7 Å². The van der Waals surface area contributed by atoms with Crippen molar-refractivity contribution in [2.24, 2.45) is 0 Å². The molecule has 1 unspecified atom stereocenters. The summed E-state index contributed by atoms with van der Waals surface area (Å²) < 4.78 is 4.88. The molecule has 1 amide bonds. The van der Waals surface area contributed by atoms with Gasteiger partial charge in [-0.2, -0.15) is 0 Å². The number of amides is 1. The summed E-state index contributed by atoms with van der Waals surface area (Å²) in [6.07, 6.45) is -0.0493. The van der Waals surface area contributed by atoms with Crippen molar-refractivity contribution in [1.82, 2.24) is 5.32 Å². The monoisotopic (exact) mass is 355 g/mol. The Morgan fingerprint density at radius 2 is 1.92 bits per heavy atom. The molecule has 1 atom stereocenters. The number of aliphatic carboxylic acids is 1. The maximum Gasteiger partial charge on any atom is 0.339 e. The number of esters is 1. The first-order valence-corrected chi connectivity index (χ1v) is 8.02. The number of phenols is 1. The SMILES string of the molecule is O=C(Cc1ccccc1)NC(Cc1cc2c(cc1O)C(=O)OC2)C(=O)O. The van der Waals surface area contributed by atoms with Gasteiger partial charge in [0.05, 0.1) is 12.0 Å². The highest BCUT2D eigenvalue weighted by Gasteiger charge is 2.26. The molecular weight excluding hydrogens is 338 g/mol. The van der Waals surface area contributed by atoms with Gasteiger partial charge in [0.25, 0.3) is 0 Å². The van der Waals surface area contributed by atoms with Crippen LogP contribution in [0.1, 0.15) is 27.0 Å². The van der Waals surface area contributed by atoms with Gasteiger partial charge in [-0.05, 0) is 23.3 Å². The van der Waals surface area contributed by atoms with Gasteiger partial charge in [0.2, 0.25) is 5.91 Å². The van der Waals surface area contributed by atoms with E-state index in [0.717, 1.165) is 5.56 Å². The number of fused-ring (bicyclic) bond motifs is 1. The molecule has 2 aromatic carbocycles. The first-order chi connectivity index (χ1) is 12.4. The van der Waals surface area contributed by atoms with E-state index in [0.29, 0.717) is 11.1 Å². The molecule has 0 aliphatic carbocycles. The van der Waals surface area contributed by atoms with Crippen LogP contribution in [0.2, 0.25) is 0 Å². The van der Waals surface area contributed by atoms with Gasteiger partial charge in [0, 0.05) is 12.0 Å². The van der Waals surface area contributed by atoms with Crippen LogP contribution in [0.15, 0.2) is 42.5 Å². The average Bonchev–Trinajstić information content (AvgIpc) is 2.95. The number of ether oxygens (including phenoxy) is 1. The minimum atomic E-state index is -1.21. The van der Waals surface area contributed by atoms with Crippen LogP contribution in [0, 0.1) is 0 Å². The highest BCUT2D eigenvalue weighted by molar-refractivity contribution is 5.94. The molecule has 2 aromatic rings. The van der Waals surface area contributed by atoms with Gasteiger partial charge in [-0.3, -0.25) is 4.79 Å².